The Hall–Kier alpha value is -1.55. The fraction of sp³-hybridized carbons (Fsp3) is 0.533. The molecule has 0 saturated heterocycles. The van der Waals surface area contributed by atoms with Gasteiger partial charge in [0.15, 0.2) is 0 Å². The molecule has 0 saturated carbocycles. The number of nitrogens with two attached hydrogens (primary N) is 1. The highest BCUT2D eigenvalue weighted by Crippen LogP contribution is 2.17. The van der Waals surface area contributed by atoms with Gasteiger partial charge in [0, 0.05) is 24.8 Å². The van der Waals surface area contributed by atoms with Crippen molar-refractivity contribution in [2.24, 2.45) is 5.73 Å². The predicted octanol–water partition coefficient (Wildman–Crippen LogP) is 1.88. The zero-order valence-electron chi connectivity index (χ0n) is 12.5. The maximum Gasteiger partial charge on any atom is 0.242 e. The Kier molecular flexibility index (Phi) is 4.95. The first-order valence-corrected chi connectivity index (χ1v) is 6.58. The van der Waals surface area contributed by atoms with Crippen LogP contribution in [-0.2, 0) is 11.3 Å². The highest BCUT2D eigenvalue weighted by atomic mass is 16.2. The average Bonchev–Trinajstić information content (AvgIpc) is 2.35. The molecule has 0 radical (unpaired) electrons. The lowest BCUT2D eigenvalue weighted by Crippen LogP contribution is -2.50. The number of anilines is 1. The van der Waals surface area contributed by atoms with Gasteiger partial charge in [0.05, 0.1) is 0 Å². The van der Waals surface area contributed by atoms with Gasteiger partial charge in [-0.05, 0) is 45.4 Å². The standard InChI is InChI=1S/C15H25N3O/c1-11(14(19)17-15(2,3)4)18(5)13-8-6-7-12(9-13)10-16/h6-9,11H,10,16H2,1-5H3,(H,17,19). The summed E-state index contributed by atoms with van der Waals surface area (Å²) in [6.07, 6.45) is 0. The topological polar surface area (TPSA) is 58.4 Å². The van der Waals surface area contributed by atoms with E-state index in [4.69, 9.17) is 5.73 Å². The number of rotatable bonds is 4. The summed E-state index contributed by atoms with van der Waals surface area (Å²) in [5.41, 5.74) is 7.49. The summed E-state index contributed by atoms with van der Waals surface area (Å²) in [6, 6.07) is 7.72. The Morgan fingerprint density at radius 2 is 2.05 bits per heavy atom. The number of amides is 1. The fourth-order valence-corrected chi connectivity index (χ4v) is 1.78. The van der Waals surface area contributed by atoms with E-state index >= 15 is 0 Å². The van der Waals surface area contributed by atoms with Crippen LogP contribution in [0.25, 0.3) is 0 Å². The van der Waals surface area contributed by atoms with Crippen LogP contribution in [0.3, 0.4) is 0 Å². The number of carbonyl (C=O) groups is 1. The van der Waals surface area contributed by atoms with Gasteiger partial charge in [-0.1, -0.05) is 12.1 Å². The zero-order chi connectivity index (χ0) is 14.6. The molecule has 1 unspecified atom stereocenters. The van der Waals surface area contributed by atoms with Crippen LogP contribution in [0.4, 0.5) is 5.69 Å². The second-order valence-corrected chi connectivity index (χ2v) is 5.90. The largest absolute Gasteiger partial charge is 0.363 e. The van der Waals surface area contributed by atoms with Crippen molar-refractivity contribution in [2.45, 2.75) is 45.8 Å². The monoisotopic (exact) mass is 263 g/mol. The molecule has 1 aromatic rings. The van der Waals surface area contributed by atoms with E-state index in [-0.39, 0.29) is 17.5 Å². The molecule has 4 heteroatoms. The van der Waals surface area contributed by atoms with Crippen molar-refractivity contribution in [1.82, 2.24) is 5.32 Å². The molecule has 1 atom stereocenters. The van der Waals surface area contributed by atoms with Gasteiger partial charge < -0.3 is 16.0 Å². The molecular weight excluding hydrogens is 238 g/mol. The van der Waals surface area contributed by atoms with Crippen molar-refractivity contribution in [2.75, 3.05) is 11.9 Å². The molecule has 1 amide bonds. The number of likely N-dealkylation sites (N-methyl/N-ethyl adjacent to an activating group) is 1. The number of nitrogens with one attached hydrogen (secondary N) is 1. The van der Waals surface area contributed by atoms with Gasteiger partial charge in [0.25, 0.3) is 0 Å². The zero-order valence-corrected chi connectivity index (χ0v) is 12.5. The van der Waals surface area contributed by atoms with Crippen molar-refractivity contribution in [3.05, 3.63) is 29.8 Å². The minimum absolute atomic E-state index is 0.0214. The minimum Gasteiger partial charge on any atom is -0.363 e. The molecule has 19 heavy (non-hydrogen) atoms. The summed E-state index contributed by atoms with van der Waals surface area (Å²) in [7, 11) is 1.92. The van der Waals surface area contributed by atoms with Crippen LogP contribution in [0.2, 0.25) is 0 Å². The third-order valence-electron chi connectivity index (χ3n) is 3.01. The Labute approximate surface area is 116 Å². The quantitative estimate of drug-likeness (QED) is 0.872. The Morgan fingerprint density at radius 1 is 1.42 bits per heavy atom. The molecule has 0 aliphatic rings. The lowest BCUT2D eigenvalue weighted by molar-refractivity contribution is -0.123. The summed E-state index contributed by atoms with van der Waals surface area (Å²) < 4.78 is 0. The van der Waals surface area contributed by atoms with Gasteiger partial charge >= 0.3 is 0 Å². The van der Waals surface area contributed by atoms with Crippen molar-refractivity contribution in [3.63, 3.8) is 0 Å². The van der Waals surface area contributed by atoms with Gasteiger partial charge in [-0.15, -0.1) is 0 Å². The molecule has 0 bridgehead atoms. The second-order valence-electron chi connectivity index (χ2n) is 5.90. The molecule has 1 rings (SSSR count). The van der Waals surface area contributed by atoms with E-state index in [9.17, 15) is 4.79 Å². The summed E-state index contributed by atoms with van der Waals surface area (Å²) in [5, 5.41) is 2.99. The molecular formula is C15H25N3O. The van der Waals surface area contributed by atoms with E-state index in [1.807, 2.05) is 63.9 Å². The lowest BCUT2D eigenvalue weighted by Gasteiger charge is -2.30. The summed E-state index contributed by atoms with van der Waals surface area (Å²) >= 11 is 0. The minimum atomic E-state index is -0.229. The predicted molar refractivity (Wildman–Crippen MR) is 80.1 cm³/mol. The number of nitrogens with zero attached hydrogens (tertiary/aromatic N) is 1. The van der Waals surface area contributed by atoms with Crippen LogP contribution < -0.4 is 16.0 Å². The van der Waals surface area contributed by atoms with Crippen LogP contribution in [0.5, 0.6) is 0 Å². The fourth-order valence-electron chi connectivity index (χ4n) is 1.78. The summed E-state index contributed by atoms with van der Waals surface area (Å²) in [5.74, 6) is 0.0214. The molecule has 0 fully saturated rings. The molecule has 0 aromatic heterocycles. The van der Waals surface area contributed by atoms with Crippen LogP contribution >= 0.6 is 0 Å². The lowest BCUT2D eigenvalue weighted by atomic mass is 10.1. The average molecular weight is 263 g/mol. The molecule has 4 nitrogen and oxygen atoms in total. The van der Waals surface area contributed by atoms with Gasteiger partial charge in [0.1, 0.15) is 6.04 Å². The second kappa shape index (κ2) is 6.06. The number of carbonyl (C=O) groups excluding carboxylic acids is 1. The summed E-state index contributed by atoms with van der Waals surface area (Å²) in [6.45, 7) is 8.34. The van der Waals surface area contributed by atoms with E-state index < -0.39 is 0 Å². The van der Waals surface area contributed by atoms with E-state index in [1.165, 1.54) is 0 Å². The molecule has 106 valence electrons. The van der Waals surface area contributed by atoms with E-state index in [1.54, 1.807) is 0 Å². The normalized spacial score (nSPS) is 12.9. The van der Waals surface area contributed by atoms with Crippen LogP contribution in [0.15, 0.2) is 24.3 Å². The van der Waals surface area contributed by atoms with E-state index in [2.05, 4.69) is 5.32 Å². The van der Waals surface area contributed by atoms with Crippen LogP contribution in [0, 0.1) is 0 Å². The van der Waals surface area contributed by atoms with Crippen molar-refractivity contribution >= 4 is 11.6 Å². The number of hydrogen-bond acceptors (Lipinski definition) is 3. The molecule has 3 N–H and O–H groups in total. The third kappa shape index (κ3) is 4.56. The van der Waals surface area contributed by atoms with Crippen molar-refractivity contribution in [3.8, 4) is 0 Å². The number of hydrogen-bond donors (Lipinski definition) is 2. The Balaban J connectivity index is 2.81. The van der Waals surface area contributed by atoms with E-state index in [0.717, 1.165) is 11.3 Å². The molecule has 0 heterocycles. The molecule has 0 aliphatic carbocycles. The smallest absolute Gasteiger partial charge is 0.242 e. The SMILES string of the molecule is CC(C(=O)NC(C)(C)C)N(C)c1cccc(CN)c1. The maximum atomic E-state index is 12.2. The molecule has 0 spiro atoms. The van der Waals surface area contributed by atoms with Gasteiger partial charge in [-0.25, -0.2) is 0 Å². The van der Waals surface area contributed by atoms with Crippen LogP contribution in [0.1, 0.15) is 33.3 Å². The maximum absolute atomic E-state index is 12.2. The van der Waals surface area contributed by atoms with Crippen molar-refractivity contribution < 1.29 is 4.79 Å². The highest BCUT2D eigenvalue weighted by molar-refractivity contribution is 5.85. The van der Waals surface area contributed by atoms with E-state index in [0.29, 0.717) is 6.54 Å². The first-order valence-electron chi connectivity index (χ1n) is 6.58. The van der Waals surface area contributed by atoms with Gasteiger partial charge in [0.2, 0.25) is 5.91 Å². The molecule has 0 aliphatic heterocycles. The van der Waals surface area contributed by atoms with Gasteiger partial charge in [-0.3, -0.25) is 4.79 Å². The highest BCUT2D eigenvalue weighted by Gasteiger charge is 2.22. The molecule has 1 aromatic carbocycles. The first kappa shape index (κ1) is 15.5. The van der Waals surface area contributed by atoms with Crippen LogP contribution in [-0.4, -0.2) is 24.5 Å². The summed E-state index contributed by atoms with van der Waals surface area (Å²) in [4.78, 5) is 14.1. The van der Waals surface area contributed by atoms with Crippen molar-refractivity contribution in [1.29, 1.82) is 0 Å². The Morgan fingerprint density at radius 3 is 2.58 bits per heavy atom. The van der Waals surface area contributed by atoms with Gasteiger partial charge in [-0.2, -0.15) is 0 Å². The number of benzene rings is 1. The third-order valence-corrected chi connectivity index (χ3v) is 3.01. The Bertz CT molecular complexity index is 437. The first-order chi connectivity index (χ1) is 8.74.